The Labute approximate surface area is 151 Å². The lowest BCUT2D eigenvalue weighted by Crippen LogP contribution is -1.93. The van der Waals surface area contributed by atoms with Gasteiger partial charge >= 0.3 is 0 Å². The third kappa shape index (κ3) is 4.25. The molecule has 0 spiro atoms. The van der Waals surface area contributed by atoms with Gasteiger partial charge in [0.05, 0.1) is 12.3 Å². The van der Waals surface area contributed by atoms with Gasteiger partial charge in [-0.3, -0.25) is 0 Å². The van der Waals surface area contributed by atoms with Gasteiger partial charge in [-0.05, 0) is 38.1 Å². The molecule has 128 valence electrons. The lowest BCUT2D eigenvalue weighted by molar-refractivity contribution is -0.107. The number of nitrogens with zero attached hydrogens (tertiary/aromatic N) is 1. The topological polar surface area (TPSA) is 51.2 Å². The highest BCUT2D eigenvalue weighted by Crippen LogP contribution is 2.33. The number of carbonyl (C=O) groups is 1. The van der Waals surface area contributed by atoms with Crippen LogP contribution in [-0.2, 0) is 11.2 Å². The monoisotopic (exact) mass is 352 g/mol. The molecule has 0 unspecified atom stereocenters. The first-order valence-corrected chi connectivity index (χ1v) is 9.01. The molecule has 1 N–H and O–H groups in total. The summed E-state index contributed by atoms with van der Waals surface area (Å²) in [5, 5.41) is 4.08. The minimum atomic E-state index is 0.367. The molecule has 25 heavy (non-hydrogen) atoms. The quantitative estimate of drug-likeness (QED) is 0.608. The van der Waals surface area contributed by atoms with Crippen molar-refractivity contribution in [1.29, 1.82) is 0 Å². The molecule has 0 aliphatic heterocycles. The fraction of sp³-hybridized carbons (Fsp3) is 0.200. The van der Waals surface area contributed by atoms with E-state index in [1.54, 1.807) is 0 Å². The number of ether oxygens (including phenoxy) is 1. The van der Waals surface area contributed by atoms with Gasteiger partial charge in [0.1, 0.15) is 12.0 Å². The van der Waals surface area contributed by atoms with E-state index >= 15 is 0 Å². The van der Waals surface area contributed by atoms with Crippen molar-refractivity contribution in [3.63, 3.8) is 0 Å². The van der Waals surface area contributed by atoms with E-state index in [0.717, 1.165) is 39.0 Å². The maximum Gasteiger partial charge on any atom is 0.187 e. The number of hydrogen-bond donors (Lipinski definition) is 1. The number of thiazole rings is 1. The van der Waals surface area contributed by atoms with E-state index in [-0.39, 0.29) is 0 Å². The molecule has 1 heterocycles. The highest BCUT2D eigenvalue weighted by molar-refractivity contribution is 7.16. The van der Waals surface area contributed by atoms with Crippen LogP contribution in [0.3, 0.4) is 0 Å². The van der Waals surface area contributed by atoms with E-state index in [4.69, 9.17) is 9.72 Å². The summed E-state index contributed by atoms with van der Waals surface area (Å²) in [7, 11) is 0. The smallest absolute Gasteiger partial charge is 0.187 e. The first kappa shape index (κ1) is 17.2. The fourth-order valence-corrected chi connectivity index (χ4v) is 3.43. The van der Waals surface area contributed by atoms with Crippen molar-refractivity contribution in [3.8, 4) is 17.0 Å². The van der Waals surface area contributed by atoms with Gasteiger partial charge in [0.2, 0.25) is 0 Å². The fourth-order valence-electron chi connectivity index (χ4n) is 2.48. The standard InChI is InChI=1S/C20H20N2O2S/c1-3-24-17-10-8-16(9-11-17)21-20-22-19(18(25-20)12-13-23)15-6-4-14(2)5-7-15/h4-11,13H,3,12H2,1-2H3,(H,21,22). The molecule has 0 atom stereocenters. The van der Waals surface area contributed by atoms with Gasteiger partial charge in [-0.1, -0.05) is 29.8 Å². The molecule has 0 radical (unpaired) electrons. The summed E-state index contributed by atoms with van der Waals surface area (Å²) < 4.78 is 5.45. The first-order chi connectivity index (χ1) is 12.2. The third-order valence-electron chi connectivity index (χ3n) is 3.71. The molecule has 3 rings (SSSR count). The number of aromatic nitrogens is 1. The average molecular weight is 352 g/mol. The number of aldehydes is 1. The molecular formula is C20H20N2O2S. The first-order valence-electron chi connectivity index (χ1n) is 8.20. The van der Waals surface area contributed by atoms with Gasteiger partial charge in [0, 0.05) is 22.5 Å². The van der Waals surface area contributed by atoms with Crippen molar-refractivity contribution in [1.82, 2.24) is 4.98 Å². The van der Waals surface area contributed by atoms with Crippen molar-refractivity contribution >= 4 is 28.4 Å². The molecular weight excluding hydrogens is 332 g/mol. The largest absolute Gasteiger partial charge is 0.494 e. The van der Waals surface area contributed by atoms with Gasteiger partial charge < -0.3 is 14.8 Å². The van der Waals surface area contributed by atoms with Crippen molar-refractivity contribution in [3.05, 3.63) is 59.0 Å². The summed E-state index contributed by atoms with van der Waals surface area (Å²) in [6, 6.07) is 15.9. The lowest BCUT2D eigenvalue weighted by atomic mass is 10.1. The van der Waals surface area contributed by atoms with Crippen LogP contribution in [0.2, 0.25) is 0 Å². The molecule has 0 aliphatic rings. The van der Waals surface area contributed by atoms with E-state index in [0.29, 0.717) is 13.0 Å². The Kier molecular flexibility index (Phi) is 5.46. The summed E-state index contributed by atoms with van der Waals surface area (Å²) in [6.07, 6.45) is 1.29. The Bertz CT molecular complexity index is 839. The number of nitrogens with one attached hydrogen (secondary N) is 1. The van der Waals surface area contributed by atoms with Crippen LogP contribution < -0.4 is 10.1 Å². The zero-order valence-electron chi connectivity index (χ0n) is 14.3. The van der Waals surface area contributed by atoms with Crippen LogP contribution in [0.15, 0.2) is 48.5 Å². The Balaban J connectivity index is 1.85. The van der Waals surface area contributed by atoms with E-state index in [1.807, 2.05) is 43.3 Å². The van der Waals surface area contributed by atoms with Crippen LogP contribution in [0.1, 0.15) is 17.4 Å². The van der Waals surface area contributed by atoms with Gasteiger partial charge in [0.25, 0.3) is 0 Å². The normalized spacial score (nSPS) is 10.5. The average Bonchev–Trinajstić information content (AvgIpc) is 3.00. The third-order valence-corrected chi connectivity index (χ3v) is 4.70. The molecule has 2 aromatic carbocycles. The van der Waals surface area contributed by atoms with Crippen LogP contribution in [-0.4, -0.2) is 17.9 Å². The zero-order valence-corrected chi connectivity index (χ0v) is 15.1. The molecule has 1 aromatic heterocycles. The van der Waals surface area contributed by atoms with E-state index < -0.39 is 0 Å². The predicted molar refractivity (Wildman–Crippen MR) is 103 cm³/mol. The SMILES string of the molecule is CCOc1ccc(Nc2nc(-c3ccc(C)cc3)c(CC=O)s2)cc1. The van der Waals surface area contributed by atoms with Crippen LogP contribution in [0.25, 0.3) is 11.3 Å². The highest BCUT2D eigenvalue weighted by Gasteiger charge is 2.13. The summed E-state index contributed by atoms with van der Waals surface area (Å²) in [5.74, 6) is 0.842. The Hall–Kier alpha value is -2.66. The number of anilines is 2. The van der Waals surface area contributed by atoms with Crippen LogP contribution in [0, 0.1) is 6.92 Å². The van der Waals surface area contributed by atoms with Gasteiger partial charge in [-0.2, -0.15) is 0 Å². The lowest BCUT2D eigenvalue weighted by Gasteiger charge is -2.05. The Morgan fingerprint density at radius 1 is 1.12 bits per heavy atom. The Morgan fingerprint density at radius 3 is 2.48 bits per heavy atom. The molecule has 0 aliphatic carbocycles. The zero-order chi connectivity index (χ0) is 17.6. The summed E-state index contributed by atoms with van der Waals surface area (Å²) in [6.45, 7) is 4.66. The molecule has 0 fully saturated rings. The van der Waals surface area contributed by atoms with Crippen LogP contribution >= 0.6 is 11.3 Å². The predicted octanol–water partition coefficient (Wildman–Crippen LogP) is 5.00. The second-order valence-corrected chi connectivity index (χ2v) is 6.69. The minimum Gasteiger partial charge on any atom is -0.494 e. The second kappa shape index (κ2) is 7.94. The summed E-state index contributed by atoms with van der Waals surface area (Å²) >= 11 is 1.51. The van der Waals surface area contributed by atoms with E-state index in [2.05, 4.69) is 24.4 Å². The molecule has 3 aromatic rings. The van der Waals surface area contributed by atoms with Crippen LogP contribution in [0.4, 0.5) is 10.8 Å². The molecule has 5 heteroatoms. The number of carbonyl (C=O) groups excluding carboxylic acids is 1. The molecule has 0 saturated heterocycles. The molecule has 0 saturated carbocycles. The van der Waals surface area contributed by atoms with Crippen molar-refractivity contribution in [2.75, 3.05) is 11.9 Å². The summed E-state index contributed by atoms with van der Waals surface area (Å²) in [5.41, 5.74) is 4.03. The molecule has 0 bridgehead atoms. The van der Waals surface area contributed by atoms with Gasteiger partial charge in [-0.15, -0.1) is 11.3 Å². The number of hydrogen-bond acceptors (Lipinski definition) is 5. The minimum absolute atomic E-state index is 0.367. The van der Waals surface area contributed by atoms with E-state index in [1.165, 1.54) is 16.9 Å². The number of benzene rings is 2. The van der Waals surface area contributed by atoms with Gasteiger partial charge in [0.15, 0.2) is 5.13 Å². The van der Waals surface area contributed by atoms with E-state index in [9.17, 15) is 4.79 Å². The van der Waals surface area contributed by atoms with Crippen LogP contribution in [0.5, 0.6) is 5.75 Å². The van der Waals surface area contributed by atoms with Crippen molar-refractivity contribution in [2.24, 2.45) is 0 Å². The van der Waals surface area contributed by atoms with Crippen molar-refractivity contribution < 1.29 is 9.53 Å². The molecule has 4 nitrogen and oxygen atoms in total. The maximum atomic E-state index is 11.0. The Morgan fingerprint density at radius 2 is 1.84 bits per heavy atom. The highest BCUT2D eigenvalue weighted by atomic mass is 32.1. The molecule has 0 amide bonds. The van der Waals surface area contributed by atoms with Crippen molar-refractivity contribution in [2.45, 2.75) is 20.3 Å². The number of aryl methyl sites for hydroxylation is 1. The number of rotatable bonds is 7. The second-order valence-electron chi connectivity index (χ2n) is 5.61. The summed E-state index contributed by atoms with van der Waals surface area (Å²) in [4.78, 5) is 16.7. The maximum absolute atomic E-state index is 11.0. The van der Waals surface area contributed by atoms with Gasteiger partial charge in [-0.25, -0.2) is 4.98 Å².